The highest BCUT2D eigenvalue weighted by atomic mass is 32.1. The van der Waals surface area contributed by atoms with Crippen LogP contribution >= 0.6 is 11.3 Å². The molecule has 1 N–H and O–H groups in total. The van der Waals surface area contributed by atoms with Crippen LogP contribution in [0.15, 0.2) is 18.2 Å². The second kappa shape index (κ2) is 8.66. The lowest BCUT2D eigenvalue weighted by atomic mass is 10.2. The molecule has 2 heterocycles. The van der Waals surface area contributed by atoms with Crippen molar-refractivity contribution in [1.29, 1.82) is 0 Å². The van der Waals surface area contributed by atoms with E-state index in [9.17, 15) is 13.6 Å². The van der Waals surface area contributed by atoms with Crippen LogP contribution in [-0.4, -0.2) is 55.2 Å². The highest BCUT2D eigenvalue weighted by Gasteiger charge is 2.20. The Morgan fingerprint density at radius 2 is 2.00 bits per heavy atom. The fourth-order valence-corrected chi connectivity index (χ4v) is 3.86. The third kappa shape index (κ3) is 4.44. The predicted octanol–water partition coefficient (Wildman–Crippen LogP) is 2.85. The number of carbonyl (C=O) groups excluding carboxylic acids is 1. The van der Waals surface area contributed by atoms with Crippen molar-refractivity contribution in [3.05, 3.63) is 40.4 Å². The van der Waals surface area contributed by atoms with E-state index in [1.54, 1.807) is 6.92 Å². The van der Waals surface area contributed by atoms with Crippen LogP contribution in [-0.2, 0) is 4.74 Å². The SMILES string of the molecule is Cc1nc(-c2c(F)cccc2F)sc1C(=O)NCCCN1CCOCC1. The third-order valence-electron chi connectivity index (χ3n) is 4.22. The molecule has 0 unspecified atom stereocenters. The summed E-state index contributed by atoms with van der Waals surface area (Å²) in [7, 11) is 0. The van der Waals surface area contributed by atoms with Crippen LogP contribution in [0.4, 0.5) is 8.78 Å². The number of morpholine rings is 1. The zero-order valence-electron chi connectivity index (χ0n) is 14.6. The topological polar surface area (TPSA) is 54.5 Å². The van der Waals surface area contributed by atoms with Gasteiger partial charge in [-0.3, -0.25) is 9.69 Å². The van der Waals surface area contributed by atoms with E-state index in [1.165, 1.54) is 18.2 Å². The van der Waals surface area contributed by atoms with E-state index in [-0.39, 0.29) is 16.5 Å². The maximum Gasteiger partial charge on any atom is 0.263 e. The molecule has 0 atom stereocenters. The second-order valence-corrected chi connectivity index (χ2v) is 7.09. The minimum Gasteiger partial charge on any atom is -0.379 e. The molecule has 0 saturated carbocycles. The number of aromatic nitrogens is 1. The molecule has 1 aromatic carbocycles. The molecule has 5 nitrogen and oxygen atoms in total. The highest BCUT2D eigenvalue weighted by molar-refractivity contribution is 7.17. The molecule has 1 aliphatic rings. The fourth-order valence-electron chi connectivity index (χ4n) is 2.83. The quantitative estimate of drug-likeness (QED) is 0.782. The number of hydrogen-bond acceptors (Lipinski definition) is 5. The Kier molecular flexibility index (Phi) is 6.29. The summed E-state index contributed by atoms with van der Waals surface area (Å²) in [5, 5.41) is 3.04. The van der Waals surface area contributed by atoms with E-state index in [4.69, 9.17) is 4.74 Å². The molecule has 0 radical (unpaired) electrons. The van der Waals surface area contributed by atoms with Crippen LogP contribution in [0.25, 0.3) is 10.6 Å². The van der Waals surface area contributed by atoms with Gasteiger partial charge in [-0.2, -0.15) is 0 Å². The van der Waals surface area contributed by atoms with Gasteiger partial charge >= 0.3 is 0 Å². The first-order valence-corrected chi connectivity index (χ1v) is 9.38. The molecule has 1 aliphatic heterocycles. The monoisotopic (exact) mass is 381 g/mol. The van der Waals surface area contributed by atoms with Gasteiger partial charge in [0.2, 0.25) is 0 Å². The standard InChI is InChI=1S/C18H21F2N3O2S/c1-12-16(17(24)21-6-3-7-23-8-10-25-11-9-23)26-18(22-12)15-13(19)4-2-5-14(15)20/h2,4-5H,3,6-11H2,1H3,(H,21,24). The molecule has 2 aromatic rings. The second-order valence-electron chi connectivity index (χ2n) is 6.09. The summed E-state index contributed by atoms with van der Waals surface area (Å²) < 4.78 is 33.1. The summed E-state index contributed by atoms with van der Waals surface area (Å²) in [5.74, 6) is -1.63. The number of hydrogen-bond donors (Lipinski definition) is 1. The Bertz CT molecular complexity index is 756. The molecule has 0 bridgehead atoms. The minimum atomic E-state index is -0.684. The molecule has 0 spiro atoms. The smallest absolute Gasteiger partial charge is 0.263 e. The minimum absolute atomic E-state index is 0.177. The van der Waals surface area contributed by atoms with Gasteiger partial charge in [-0.05, 0) is 32.0 Å². The first kappa shape index (κ1) is 18.9. The van der Waals surface area contributed by atoms with Gasteiger partial charge in [-0.25, -0.2) is 13.8 Å². The van der Waals surface area contributed by atoms with Crippen molar-refractivity contribution in [1.82, 2.24) is 15.2 Å². The Hall–Kier alpha value is -1.90. The molecular formula is C18H21F2N3O2S. The van der Waals surface area contributed by atoms with Crippen molar-refractivity contribution in [2.24, 2.45) is 0 Å². The molecule has 1 fully saturated rings. The number of amides is 1. The summed E-state index contributed by atoms with van der Waals surface area (Å²) in [6.45, 7) is 6.44. The summed E-state index contributed by atoms with van der Waals surface area (Å²) in [5.41, 5.74) is 0.283. The van der Waals surface area contributed by atoms with Crippen LogP contribution in [0.2, 0.25) is 0 Å². The van der Waals surface area contributed by atoms with Crippen LogP contribution < -0.4 is 5.32 Å². The number of aryl methyl sites for hydroxylation is 1. The molecule has 1 amide bonds. The lowest BCUT2D eigenvalue weighted by molar-refractivity contribution is 0.0374. The molecule has 0 aliphatic carbocycles. The van der Waals surface area contributed by atoms with E-state index in [1.807, 2.05) is 0 Å². The highest BCUT2D eigenvalue weighted by Crippen LogP contribution is 2.31. The molecule has 26 heavy (non-hydrogen) atoms. The number of nitrogens with zero attached hydrogens (tertiary/aromatic N) is 2. The van der Waals surface area contributed by atoms with Crippen molar-refractivity contribution in [3.8, 4) is 10.6 Å². The zero-order chi connectivity index (χ0) is 18.5. The maximum absolute atomic E-state index is 13.9. The Labute approximate surface area is 155 Å². The number of carbonyl (C=O) groups is 1. The number of rotatable bonds is 6. The van der Waals surface area contributed by atoms with Crippen LogP contribution in [0.1, 0.15) is 21.8 Å². The first-order chi connectivity index (χ1) is 12.6. The van der Waals surface area contributed by atoms with E-state index >= 15 is 0 Å². The lowest BCUT2D eigenvalue weighted by Crippen LogP contribution is -2.38. The molecule has 140 valence electrons. The van der Waals surface area contributed by atoms with Crippen molar-refractivity contribution < 1.29 is 18.3 Å². The Balaban J connectivity index is 1.59. The third-order valence-corrected chi connectivity index (χ3v) is 5.39. The van der Waals surface area contributed by atoms with Gasteiger partial charge in [0.15, 0.2) is 0 Å². The lowest BCUT2D eigenvalue weighted by Gasteiger charge is -2.26. The van der Waals surface area contributed by atoms with Gasteiger partial charge in [-0.1, -0.05) is 6.07 Å². The molecule has 3 rings (SSSR count). The predicted molar refractivity (Wildman–Crippen MR) is 96.4 cm³/mol. The summed E-state index contributed by atoms with van der Waals surface area (Å²) in [6.07, 6.45) is 0.832. The molecule has 8 heteroatoms. The van der Waals surface area contributed by atoms with Crippen LogP contribution in [0.3, 0.4) is 0 Å². The van der Waals surface area contributed by atoms with Crippen molar-refractivity contribution in [2.75, 3.05) is 39.4 Å². The number of nitrogens with one attached hydrogen (secondary N) is 1. The van der Waals surface area contributed by atoms with Crippen LogP contribution in [0, 0.1) is 18.6 Å². The van der Waals surface area contributed by atoms with E-state index in [0.29, 0.717) is 17.1 Å². The number of benzene rings is 1. The normalized spacial score (nSPS) is 15.2. The van der Waals surface area contributed by atoms with E-state index in [2.05, 4.69) is 15.2 Å². The summed E-state index contributed by atoms with van der Waals surface area (Å²) in [4.78, 5) is 19.2. The summed E-state index contributed by atoms with van der Waals surface area (Å²) in [6, 6.07) is 3.66. The number of halogens is 2. The average Bonchev–Trinajstić information content (AvgIpc) is 3.01. The van der Waals surface area contributed by atoms with Gasteiger partial charge < -0.3 is 10.1 Å². The molecular weight excluding hydrogens is 360 g/mol. The zero-order valence-corrected chi connectivity index (χ0v) is 15.4. The Morgan fingerprint density at radius 1 is 1.31 bits per heavy atom. The molecule has 1 saturated heterocycles. The van der Waals surface area contributed by atoms with Gasteiger partial charge in [0.05, 0.1) is 24.5 Å². The largest absolute Gasteiger partial charge is 0.379 e. The van der Waals surface area contributed by atoms with E-state index in [0.717, 1.165) is 50.6 Å². The van der Waals surface area contributed by atoms with Crippen molar-refractivity contribution in [3.63, 3.8) is 0 Å². The Morgan fingerprint density at radius 3 is 2.69 bits per heavy atom. The van der Waals surface area contributed by atoms with Gasteiger partial charge in [-0.15, -0.1) is 11.3 Å². The summed E-state index contributed by atoms with van der Waals surface area (Å²) >= 11 is 1.01. The van der Waals surface area contributed by atoms with Gasteiger partial charge in [0.1, 0.15) is 21.5 Å². The van der Waals surface area contributed by atoms with Crippen molar-refractivity contribution in [2.45, 2.75) is 13.3 Å². The fraction of sp³-hybridized carbons (Fsp3) is 0.444. The van der Waals surface area contributed by atoms with Gasteiger partial charge in [0, 0.05) is 19.6 Å². The van der Waals surface area contributed by atoms with Gasteiger partial charge in [0.25, 0.3) is 5.91 Å². The molecule has 1 aromatic heterocycles. The number of thiazole rings is 1. The first-order valence-electron chi connectivity index (χ1n) is 8.56. The van der Waals surface area contributed by atoms with E-state index < -0.39 is 11.6 Å². The number of ether oxygens (including phenoxy) is 1. The average molecular weight is 381 g/mol. The maximum atomic E-state index is 13.9. The van der Waals surface area contributed by atoms with Crippen molar-refractivity contribution >= 4 is 17.2 Å². The van der Waals surface area contributed by atoms with Crippen LogP contribution in [0.5, 0.6) is 0 Å².